The Balaban J connectivity index is 1.95. The number of carbonyl (C=O) groups is 2. The second-order valence-corrected chi connectivity index (χ2v) is 8.61. The van der Waals surface area contributed by atoms with Crippen molar-refractivity contribution in [2.24, 2.45) is 0 Å². The number of hydrogen-bond acceptors (Lipinski definition) is 5. The number of nitrogens with zero attached hydrogens (tertiary/aromatic N) is 4. The van der Waals surface area contributed by atoms with Crippen molar-refractivity contribution in [2.75, 3.05) is 30.4 Å². The van der Waals surface area contributed by atoms with Gasteiger partial charge in [0.05, 0.1) is 13.3 Å². The molecule has 3 rings (SSSR count). The molecule has 0 unspecified atom stereocenters. The Labute approximate surface area is 191 Å². The number of amides is 3. The van der Waals surface area contributed by atoms with Gasteiger partial charge in [-0.05, 0) is 46.3 Å². The molecule has 0 saturated carbocycles. The first-order chi connectivity index (χ1) is 14.8. The number of likely N-dealkylation sites (tertiary alicyclic amines) is 1. The van der Waals surface area contributed by atoms with Gasteiger partial charge in [0.15, 0.2) is 5.82 Å². The summed E-state index contributed by atoms with van der Waals surface area (Å²) in [6.45, 7) is 7.04. The third-order valence-electron chi connectivity index (χ3n) is 5.44. The van der Waals surface area contributed by atoms with E-state index in [9.17, 15) is 9.59 Å². The molecule has 2 heterocycles. The summed E-state index contributed by atoms with van der Waals surface area (Å²) in [7, 11) is 1.48. The van der Waals surface area contributed by atoms with Gasteiger partial charge in [0.25, 0.3) is 5.88 Å². The van der Waals surface area contributed by atoms with E-state index in [4.69, 9.17) is 4.74 Å². The minimum absolute atomic E-state index is 0.0510. The fraction of sp³-hybridized carbons (Fsp3) is 0.455. The molecule has 1 N–H and O–H groups in total. The normalized spacial score (nSPS) is 14.5. The topological polar surface area (TPSA) is 87.7 Å². The summed E-state index contributed by atoms with van der Waals surface area (Å²) in [5.41, 5.74) is 1.95. The van der Waals surface area contributed by atoms with Gasteiger partial charge in [-0.2, -0.15) is 0 Å². The highest BCUT2D eigenvalue weighted by Crippen LogP contribution is 2.32. The summed E-state index contributed by atoms with van der Waals surface area (Å²) >= 11 is 3.27. The Morgan fingerprint density at radius 1 is 1.26 bits per heavy atom. The van der Waals surface area contributed by atoms with Gasteiger partial charge < -0.3 is 9.64 Å². The molecule has 1 aromatic carbocycles. The smallest absolute Gasteiger partial charge is 0.327 e. The van der Waals surface area contributed by atoms with E-state index in [1.54, 1.807) is 11.8 Å². The maximum Gasteiger partial charge on any atom is 0.327 e. The number of rotatable bonds is 5. The van der Waals surface area contributed by atoms with Crippen molar-refractivity contribution in [3.63, 3.8) is 0 Å². The van der Waals surface area contributed by atoms with E-state index in [-0.39, 0.29) is 35.6 Å². The van der Waals surface area contributed by atoms with Crippen LogP contribution in [-0.4, -0.2) is 53.0 Å². The average molecular weight is 490 g/mol. The number of carbonyl (C=O) groups excluding carboxylic acids is 2. The Morgan fingerprint density at radius 3 is 2.55 bits per heavy atom. The molecule has 1 aromatic heterocycles. The van der Waals surface area contributed by atoms with Crippen LogP contribution in [0.15, 0.2) is 35.1 Å². The van der Waals surface area contributed by atoms with Crippen LogP contribution in [0.1, 0.15) is 45.1 Å². The first-order valence-electron chi connectivity index (χ1n) is 10.3. The van der Waals surface area contributed by atoms with Gasteiger partial charge >= 0.3 is 6.03 Å². The van der Waals surface area contributed by atoms with Crippen molar-refractivity contribution >= 4 is 39.4 Å². The highest BCUT2D eigenvalue weighted by molar-refractivity contribution is 9.10. The quantitative estimate of drug-likeness (QED) is 0.671. The molecule has 0 atom stereocenters. The molecule has 2 aromatic rings. The van der Waals surface area contributed by atoms with Crippen molar-refractivity contribution in [3.8, 4) is 5.88 Å². The number of methoxy groups -OCH3 is 1. The summed E-state index contributed by atoms with van der Waals surface area (Å²) in [5, 5.41) is 2.87. The summed E-state index contributed by atoms with van der Waals surface area (Å²) < 4.78 is 5.79. The lowest BCUT2D eigenvalue weighted by atomic mass is 9.97. The number of anilines is 2. The van der Waals surface area contributed by atoms with E-state index in [2.05, 4.69) is 45.1 Å². The molecule has 0 aliphatic carbocycles. The van der Waals surface area contributed by atoms with Gasteiger partial charge in [-0.3, -0.25) is 15.0 Å². The molecule has 1 fully saturated rings. The minimum atomic E-state index is -0.302. The molecule has 3 amide bonds. The second-order valence-electron chi connectivity index (χ2n) is 7.80. The minimum Gasteiger partial charge on any atom is -0.478 e. The lowest BCUT2D eigenvalue weighted by Gasteiger charge is -2.39. The summed E-state index contributed by atoms with van der Waals surface area (Å²) in [6.07, 6.45) is 2.90. The monoisotopic (exact) mass is 489 g/mol. The van der Waals surface area contributed by atoms with Crippen LogP contribution < -0.4 is 15.0 Å². The number of para-hydroxylation sites is 1. The van der Waals surface area contributed by atoms with E-state index >= 15 is 0 Å². The number of urea groups is 1. The summed E-state index contributed by atoms with van der Waals surface area (Å²) in [6, 6.07) is 7.58. The standard InChI is InChI=1S/C22H28BrN5O3/c1-14(2)17-7-5-6-8-18(17)28(16-9-11-27(12-10-16)15(3)29)22(30)26-20-21(31-4)25-19(23)13-24-20/h5-8,13-14,16H,9-12H2,1-4H3,(H,24,26,30). The molecule has 1 aliphatic heterocycles. The number of aromatic nitrogens is 2. The van der Waals surface area contributed by atoms with Gasteiger partial charge in [-0.25, -0.2) is 14.8 Å². The molecule has 166 valence electrons. The Kier molecular flexibility index (Phi) is 7.48. The van der Waals surface area contributed by atoms with Crippen molar-refractivity contribution < 1.29 is 14.3 Å². The molecular weight excluding hydrogens is 462 g/mol. The number of piperidine rings is 1. The van der Waals surface area contributed by atoms with E-state index in [1.165, 1.54) is 13.3 Å². The molecule has 1 saturated heterocycles. The lowest BCUT2D eigenvalue weighted by Crippen LogP contribution is -2.50. The molecule has 0 radical (unpaired) electrons. The van der Waals surface area contributed by atoms with E-state index < -0.39 is 0 Å². The Hall–Kier alpha value is -2.68. The predicted octanol–water partition coefficient (Wildman–Crippen LogP) is 4.42. The zero-order valence-corrected chi connectivity index (χ0v) is 19.8. The van der Waals surface area contributed by atoms with Crippen molar-refractivity contribution in [3.05, 3.63) is 40.6 Å². The summed E-state index contributed by atoms with van der Waals surface area (Å²) in [5.74, 6) is 0.785. The third-order valence-corrected chi connectivity index (χ3v) is 5.82. The van der Waals surface area contributed by atoms with Gasteiger partial charge in [0, 0.05) is 31.7 Å². The molecule has 1 aliphatic rings. The molecule has 8 nitrogen and oxygen atoms in total. The molecule has 9 heteroatoms. The zero-order chi connectivity index (χ0) is 22.5. The van der Waals surface area contributed by atoms with Crippen LogP contribution in [0.4, 0.5) is 16.3 Å². The fourth-order valence-electron chi connectivity index (χ4n) is 3.85. The highest BCUT2D eigenvalue weighted by Gasteiger charge is 2.32. The largest absolute Gasteiger partial charge is 0.478 e. The lowest BCUT2D eigenvalue weighted by molar-refractivity contribution is -0.129. The number of benzene rings is 1. The maximum absolute atomic E-state index is 13.6. The zero-order valence-electron chi connectivity index (χ0n) is 18.3. The molecule has 0 spiro atoms. The maximum atomic E-state index is 13.6. The molecule has 0 bridgehead atoms. The second kappa shape index (κ2) is 10.1. The summed E-state index contributed by atoms with van der Waals surface area (Å²) in [4.78, 5) is 37.4. The van der Waals surface area contributed by atoms with Gasteiger partial charge in [-0.15, -0.1) is 0 Å². The van der Waals surface area contributed by atoms with Crippen LogP contribution in [-0.2, 0) is 4.79 Å². The van der Waals surface area contributed by atoms with E-state index in [1.807, 2.05) is 29.2 Å². The van der Waals surface area contributed by atoms with Crippen LogP contribution >= 0.6 is 15.9 Å². The van der Waals surface area contributed by atoms with Crippen molar-refractivity contribution in [1.82, 2.24) is 14.9 Å². The first kappa shape index (κ1) is 23.0. The van der Waals surface area contributed by atoms with Crippen LogP contribution in [0.3, 0.4) is 0 Å². The van der Waals surface area contributed by atoms with Crippen molar-refractivity contribution in [1.29, 1.82) is 0 Å². The van der Waals surface area contributed by atoms with Crippen LogP contribution in [0.5, 0.6) is 5.88 Å². The number of nitrogens with one attached hydrogen (secondary N) is 1. The van der Waals surface area contributed by atoms with E-state index in [0.29, 0.717) is 30.5 Å². The Morgan fingerprint density at radius 2 is 1.94 bits per heavy atom. The van der Waals surface area contributed by atoms with Crippen molar-refractivity contribution in [2.45, 2.75) is 45.6 Å². The van der Waals surface area contributed by atoms with Gasteiger partial charge in [0.1, 0.15) is 4.60 Å². The molecule has 31 heavy (non-hydrogen) atoms. The number of hydrogen-bond donors (Lipinski definition) is 1. The first-order valence-corrected chi connectivity index (χ1v) is 11.1. The number of halogens is 1. The third kappa shape index (κ3) is 5.33. The Bertz CT molecular complexity index is 944. The SMILES string of the molecule is COc1nc(Br)cnc1NC(=O)N(c1ccccc1C(C)C)C1CCN(C(C)=O)CC1. The van der Waals surface area contributed by atoms with Crippen LogP contribution in [0.2, 0.25) is 0 Å². The van der Waals surface area contributed by atoms with E-state index in [0.717, 1.165) is 11.3 Å². The van der Waals surface area contributed by atoms with Crippen LogP contribution in [0.25, 0.3) is 0 Å². The molecular formula is C22H28BrN5O3. The fourth-order valence-corrected chi connectivity index (χ4v) is 4.11. The predicted molar refractivity (Wildman–Crippen MR) is 124 cm³/mol. The van der Waals surface area contributed by atoms with Crippen LogP contribution in [0, 0.1) is 0 Å². The average Bonchev–Trinajstić information content (AvgIpc) is 2.75. The van der Waals surface area contributed by atoms with Gasteiger partial charge in [-0.1, -0.05) is 32.0 Å². The van der Waals surface area contributed by atoms with Gasteiger partial charge in [0.2, 0.25) is 5.91 Å². The highest BCUT2D eigenvalue weighted by atomic mass is 79.9. The number of ether oxygens (including phenoxy) is 1.